The normalized spacial score (nSPS) is 20.5. The monoisotopic (exact) mass is 1380 g/mol. The highest BCUT2D eigenvalue weighted by molar-refractivity contribution is 9.11. The van der Waals surface area contributed by atoms with Crippen molar-refractivity contribution in [2.24, 2.45) is 5.73 Å². The third-order valence-electron chi connectivity index (χ3n) is 17.2. The zero-order chi connectivity index (χ0) is 57.3. The molecule has 6 aliphatic rings. The summed E-state index contributed by atoms with van der Waals surface area (Å²) in [6.45, 7) is 10.2. The summed E-state index contributed by atoms with van der Waals surface area (Å²) < 4.78 is 29.8. The Labute approximate surface area is 519 Å². The van der Waals surface area contributed by atoms with Crippen LogP contribution in [0.3, 0.4) is 0 Å². The number of aryl methyl sites for hydroxylation is 4. The second-order valence-electron chi connectivity index (χ2n) is 22.9. The van der Waals surface area contributed by atoms with E-state index >= 15 is 0 Å². The van der Waals surface area contributed by atoms with Crippen molar-refractivity contribution >= 4 is 117 Å². The molecule has 4 aromatic carbocycles. The quantitative estimate of drug-likeness (QED) is 0.0453. The van der Waals surface area contributed by atoms with Crippen molar-refractivity contribution in [1.82, 2.24) is 35.1 Å². The zero-order valence-electron chi connectivity index (χ0n) is 47.9. The van der Waals surface area contributed by atoms with Crippen molar-refractivity contribution in [2.45, 2.75) is 147 Å². The summed E-state index contributed by atoms with van der Waals surface area (Å²) in [7, 11) is -3.26. The number of rotatable bonds is 10. The van der Waals surface area contributed by atoms with Gasteiger partial charge in [-0.2, -0.15) is 8.42 Å². The van der Waals surface area contributed by atoms with Gasteiger partial charge in [0.2, 0.25) is 0 Å². The number of hydrogen-bond acceptors (Lipinski definition) is 7. The van der Waals surface area contributed by atoms with Crippen molar-refractivity contribution < 1.29 is 12.6 Å². The first-order valence-electron chi connectivity index (χ1n) is 30.1. The van der Waals surface area contributed by atoms with Crippen molar-refractivity contribution in [2.75, 3.05) is 45.6 Å². The number of H-pyrrole nitrogens is 4. The van der Waals surface area contributed by atoms with Gasteiger partial charge < -0.3 is 31.0 Å². The lowest BCUT2D eigenvalue weighted by molar-refractivity contribution is 0.218. The van der Waals surface area contributed by atoms with Crippen LogP contribution in [0.15, 0.2) is 115 Å². The number of nitrogens with zero attached hydrogens (tertiary/aromatic N) is 2. The summed E-state index contributed by atoms with van der Waals surface area (Å²) in [6, 6.07) is 28.0. The number of halogens is 4. The minimum Gasteiger partial charge on any atom is -0.357 e. The van der Waals surface area contributed by atoms with Gasteiger partial charge in [-0.25, -0.2) is 0 Å². The van der Waals surface area contributed by atoms with E-state index in [4.69, 9.17) is 5.73 Å². The SMILES string of the molecule is Brc1ccc2[nH]c3c(c2c1)CCCC3N1CC=CC1.Brc1ccc2[nH]c3c(c2c1)CCCC3N1CCCC1.CC/C=C\COS(C)(=O)=O.CCCCNC1CCCc2c1[nH]c1ccc(Br)cc21.NC1CCCc2c1[nH]c1ccc(Br)cc21. The first-order chi connectivity index (χ1) is 39.8. The van der Waals surface area contributed by atoms with Crippen molar-refractivity contribution in [3.63, 3.8) is 0 Å². The minimum atomic E-state index is -3.26. The molecule has 4 atom stereocenters. The molecule has 0 bridgehead atoms. The number of aromatic amines is 4. The number of hydrogen-bond donors (Lipinski definition) is 6. The number of nitrogens with one attached hydrogen (secondary N) is 5. The van der Waals surface area contributed by atoms with E-state index in [9.17, 15) is 8.42 Å². The Morgan fingerprint density at radius 2 is 1.00 bits per heavy atom. The Balaban J connectivity index is 0.000000117. The maximum atomic E-state index is 10.3. The molecule has 0 radical (unpaired) electrons. The number of nitrogens with two attached hydrogens (primary N) is 1. The van der Waals surface area contributed by atoms with Crippen molar-refractivity contribution in [3.05, 3.63) is 160 Å². The fourth-order valence-corrected chi connectivity index (χ4v) is 15.1. The Hall–Kier alpha value is -3.81. The Morgan fingerprint density at radius 1 is 0.573 bits per heavy atom. The van der Waals surface area contributed by atoms with Gasteiger partial charge in [0, 0.05) is 109 Å². The fourth-order valence-electron chi connectivity index (χ4n) is 13.3. The van der Waals surface area contributed by atoms with Gasteiger partial charge in [0.25, 0.3) is 10.1 Å². The number of likely N-dealkylation sites (tertiary alicyclic amines) is 1. The number of allylic oxidation sites excluding steroid dienone is 1. The van der Waals surface area contributed by atoms with Crippen molar-refractivity contribution in [1.29, 1.82) is 0 Å². The summed E-state index contributed by atoms with van der Waals surface area (Å²) in [5.74, 6) is 0. The summed E-state index contributed by atoms with van der Waals surface area (Å²) in [6.07, 6.45) is 30.2. The van der Waals surface area contributed by atoms with Gasteiger partial charge in [0.05, 0.1) is 24.9 Å². The molecule has 82 heavy (non-hydrogen) atoms. The van der Waals surface area contributed by atoms with E-state index < -0.39 is 10.1 Å². The molecule has 7 N–H and O–H groups in total. The molecule has 16 heteroatoms. The standard InChI is InChI=1S/C16H19BrN2.C16H17BrN2.C16H21BrN2.C12H13BrN2.C6H12O3S/c2*17-11-6-7-14-13(10-11)12-4-3-5-15(16(12)18-14)19-8-1-2-9-19;1-2-3-9-18-15-6-4-5-12-13-10-11(17)7-8-14(13)19-16(12)15;13-7-4-5-11-9(6-7)8-2-1-3-10(14)12(8)15-11;1-3-4-5-6-9-10(2,7)8/h6-7,10,15,18H,1-5,8-9H2;1-2,6-7,10,15,18H,3-5,8-9H2;7-8,10,15,18-19H,2-6,9H2,1H3;4-6,10,15H,1-3,14H2;4-5H,3,6H2,1-2H3/b;;;;5-4-. The molecule has 4 aromatic heterocycles. The van der Waals surface area contributed by atoms with Crippen LogP contribution in [-0.4, -0.2) is 83.7 Å². The lowest BCUT2D eigenvalue weighted by Gasteiger charge is -2.31. The Bertz CT molecular complexity index is 3530. The van der Waals surface area contributed by atoms with E-state index in [1.807, 2.05) is 13.0 Å². The van der Waals surface area contributed by atoms with Crippen LogP contribution in [0.4, 0.5) is 0 Å². The number of unbranched alkanes of at least 4 members (excludes halogenated alkanes) is 1. The van der Waals surface area contributed by atoms with E-state index in [-0.39, 0.29) is 12.6 Å². The number of aromatic nitrogens is 4. The molecule has 8 aromatic rings. The van der Waals surface area contributed by atoms with Crippen LogP contribution in [-0.2, 0) is 40.0 Å². The molecule has 0 amide bonds. The average Bonchev–Trinajstić information content (AvgIpc) is 4.56. The van der Waals surface area contributed by atoms with Gasteiger partial charge in [-0.3, -0.25) is 14.0 Å². The summed E-state index contributed by atoms with van der Waals surface area (Å²) in [4.78, 5) is 19.7. The third-order valence-corrected chi connectivity index (χ3v) is 19.8. The Morgan fingerprint density at radius 3 is 1.48 bits per heavy atom. The first-order valence-corrected chi connectivity index (χ1v) is 35.1. The maximum Gasteiger partial charge on any atom is 0.264 e. The topological polar surface area (TPSA) is 151 Å². The smallest absolute Gasteiger partial charge is 0.264 e. The van der Waals surface area contributed by atoms with Gasteiger partial charge in [-0.15, -0.1) is 0 Å². The van der Waals surface area contributed by atoms with Gasteiger partial charge in [-0.1, -0.05) is 108 Å². The average molecular weight is 1390 g/mol. The second kappa shape index (κ2) is 28.6. The van der Waals surface area contributed by atoms with Crippen LogP contribution >= 0.6 is 63.7 Å². The molecule has 1 fully saturated rings. The van der Waals surface area contributed by atoms with Crippen molar-refractivity contribution in [3.8, 4) is 0 Å². The molecular weight excluding hydrogens is 1300 g/mol. The number of fused-ring (bicyclic) bond motifs is 12. The number of benzene rings is 4. The van der Waals surface area contributed by atoms with E-state index in [0.29, 0.717) is 18.1 Å². The largest absolute Gasteiger partial charge is 0.357 e. The molecule has 6 heterocycles. The third kappa shape index (κ3) is 14.9. The van der Waals surface area contributed by atoms with Crippen LogP contribution < -0.4 is 11.1 Å². The second-order valence-corrected chi connectivity index (χ2v) is 28.2. The van der Waals surface area contributed by atoms with Gasteiger partial charge in [0.15, 0.2) is 0 Å². The highest BCUT2D eigenvalue weighted by Gasteiger charge is 2.32. The molecule has 0 spiro atoms. The fraction of sp³-hybridized carbons (Fsp3) is 0.455. The van der Waals surface area contributed by atoms with Crippen LogP contribution in [0.2, 0.25) is 0 Å². The first kappa shape index (κ1) is 61.3. The lowest BCUT2D eigenvalue weighted by atomic mass is 9.91. The maximum absolute atomic E-state index is 10.3. The van der Waals surface area contributed by atoms with E-state index in [2.05, 4.69) is 195 Å². The van der Waals surface area contributed by atoms with Crippen LogP contribution in [0, 0.1) is 0 Å². The predicted molar refractivity (Wildman–Crippen MR) is 356 cm³/mol. The minimum absolute atomic E-state index is 0.146. The van der Waals surface area contributed by atoms with Crippen LogP contribution in [0.5, 0.6) is 0 Å². The molecule has 438 valence electrons. The van der Waals surface area contributed by atoms with Gasteiger partial charge >= 0.3 is 0 Å². The summed E-state index contributed by atoms with van der Waals surface area (Å²) in [5, 5.41) is 9.26. The lowest BCUT2D eigenvalue weighted by Crippen LogP contribution is -2.29. The Kier molecular flexibility index (Phi) is 21.4. The summed E-state index contributed by atoms with van der Waals surface area (Å²) in [5.41, 5.74) is 22.9. The van der Waals surface area contributed by atoms with E-state index in [1.54, 1.807) is 17.2 Å². The molecule has 0 saturated carbocycles. The molecule has 11 nitrogen and oxygen atoms in total. The zero-order valence-corrected chi connectivity index (χ0v) is 55.1. The highest BCUT2D eigenvalue weighted by atomic mass is 79.9. The summed E-state index contributed by atoms with van der Waals surface area (Å²) >= 11 is 14.3. The molecular formula is C66H82Br4N8O3S. The highest BCUT2D eigenvalue weighted by Crippen LogP contribution is 2.42. The molecule has 14 rings (SSSR count). The van der Waals surface area contributed by atoms with Gasteiger partial charge in [-0.05, 0) is 217 Å². The van der Waals surface area contributed by atoms with Crippen LogP contribution in [0.25, 0.3) is 43.6 Å². The van der Waals surface area contributed by atoms with E-state index in [0.717, 1.165) is 49.6 Å². The molecule has 2 aliphatic heterocycles. The molecule has 1 saturated heterocycles. The predicted octanol–water partition coefficient (Wildman–Crippen LogP) is 17.5. The van der Waals surface area contributed by atoms with Gasteiger partial charge in [0.1, 0.15) is 0 Å². The molecule has 4 aliphatic carbocycles. The molecule has 4 unspecified atom stereocenters. The van der Waals surface area contributed by atoms with E-state index in [1.165, 1.54) is 194 Å². The van der Waals surface area contributed by atoms with Crippen LogP contribution in [0.1, 0.15) is 167 Å².